The van der Waals surface area contributed by atoms with Crippen molar-refractivity contribution in [2.45, 2.75) is 95.3 Å². The molecule has 2 unspecified atom stereocenters. The first-order valence-electron chi connectivity index (χ1n) is 17.6. The number of halogens is 1. The van der Waals surface area contributed by atoms with Gasteiger partial charge in [0.05, 0.1) is 0 Å². The average Bonchev–Trinajstić information content (AvgIpc) is 3.65. The molecule has 6 rings (SSSR count). The molecule has 0 radical (unpaired) electrons. The van der Waals surface area contributed by atoms with Crippen molar-refractivity contribution in [1.29, 1.82) is 0 Å². The molecule has 3 atom stereocenters. The molecule has 252 valence electrons. The molecule has 47 heavy (non-hydrogen) atoms. The Labute approximate surface area is 283 Å². The second kappa shape index (κ2) is 15.8. The highest BCUT2D eigenvalue weighted by Gasteiger charge is 2.35. The maximum absolute atomic E-state index is 14.1. The SMILES string of the molecule is O=C(CC1NCc2ccccc21)N[C@H](Cc1ccc(Cl)cc1)C(=O)N1CCN(C(CCCN2C(=O)CCC2=O)C2CCCCC2)CC1. The maximum atomic E-state index is 14.1. The Morgan fingerprint density at radius 2 is 1.62 bits per heavy atom. The molecule has 0 spiro atoms. The average molecular weight is 662 g/mol. The number of amides is 4. The van der Waals surface area contributed by atoms with Crippen molar-refractivity contribution in [2.75, 3.05) is 32.7 Å². The molecule has 2 aromatic rings. The summed E-state index contributed by atoms with van der Waals surface area (Å²) in [5, 5.41) is 7.18. The van der Waals surface area contributed by atoms with Crippen LogP contribution in [0.5, 0.6) is 0 Å². The van der Waals surface area contributed by atoms with Crippen LogP contribution in [0.25, 0.3) is 0 Å². The number of hydrogen-bond donors (Lipinski definition) is 2. The lowest BCUT2D eigenvalue weighted by Crippen LogP contribution is -2.58. The quantitative estimate of drug-likeness (QED) is 0.322. The third-order valence-corrected chi connectivity index (χ3v) is 10.9. The van der Waals surface area contributed by atoms with E-state index in [0.29, 0.717) is 55.9 Å². The van der Waals surface area contributed by atoms with E-state index in [0.717, 1.165) is 43.6 Å². The molecule has 2 saturated heterocycles. The van der Waals surface area contributed by atoms with Gasteiger partial charge in [0.2, 0.25) is 23.6 Å². The molecule has 2 aromatic carbocycles. The summed E-state index contributed by atoms with van der Waals surface area (Å²) in [5.41, 5.74) is 3.30. The van der Waals surface area contributed by atoms with Gasteiger partial charge in [0.15, 0.2) is 0 Å². The van der Waals surface area contributed by atoms with E-state index in [-0.39, 0.29) is 36.1 Å². The number of rotatable bonds is 12. The lowest BCUT2D eigenvalue weighted by Gasteiger charge is -2.44. The number of benzene rings is 2. The topological polar surface area (TPSA) is 102 Å². The molecule has 9 nitrogen and oxygen atoms in total. The fourth-order valence-corrected chi connectivity index (χ4v) is 8.24. The number of likely N-dealkylation sites (tertiary alicyclic amines) is 1. The van der Waals surface area contributed by atoms with Gasteiger partial charge in [0, 0.05) is 82.1 Å². The van der Waals surface area contributed by atoms with Crippen LogP contribution in [0.2, 0.25) is 5.02 Å². The third kappa shape index (κ3) is 8.42. The molecule has 4 amide bonds. The van der Waals surface area contributed by atoms with E-state index in [1.165, 1.54) is 42.6 Å². The second-order valence-corrected chi connectivity index (χ2v) is 14.1. The van der Waals surface area contributed by atoms with Gasteiger partial charge in [-0.25, -0.2) is 0 Å². The highest BCUT2D eigenvalue weighted by molar-refractivity contribution is 6.30. The third-order valence-electron chi connectivity index (χ3n) is 10.7. The molecule has 0 bridgehead atoms. The van der Waals surface area contributed by atoms with Crippen LogP contribution in [0.3, 0.4) is 0 Å². The highest BCUT2D eigenvalue weighted by Crippen LogP contribution is 2.32. The molecule has 2 N–H and O–H groups in total. The van der Waals surface area contributed by atoms with Gasteiger partial charge in [-0.2, -0.15) is 0 Å². The lowest BCUT2D eigenvalue weighted by molar-refractivity contribution is -0.138. The van der Waals surface area contributed by atoms with Crippen molar-refractivity contribution < 1.29 is 19.2 Å². The van der Waals surface area contributed by atoms with Crippen LogP contribution in [0.1, 0.15) is 86.9 Å². The molecule has 0 aromatic heterocycles. The van der Waals surface area contributed by atoms with Gasteiger partial charge in [0.1, 0.15) is 6.04 Å². The number of fused-ring (bicyclic) bond motifs is 1. The Morgan fingerprint density at radius 1 is 0.915 bits per heavy atom. The van der Waals surface area contributed by atoms with Crippen LogP contribution in [-0.2, 0) is 32.1 Å². The zero-order chi connectivity index (χ0) is 32.8. The van der Waals surface area contributed by atoms with Crippen LogP contribution in [-0.4, -0.2) is 83.1 Å². The van der Waals surface area contributed by atoms with Crippen molar-refractivity contribution in [2.24, 2.45) is 5.92 Å². The Balaban J connectivity index is 1.08. The highest BCUT2D eigenvalue weighted by atomic mass is 35.5. The van der Waals surface area contributed by atoms with E-state index in [2.05, 4.69) is 27.7 Å². The summed E-state index contributed by atoms with van der Waals surface area (Å²) in [6.45, 7) is 4.01. The standard InChI is InChI=1S/C37H48ClN5O4/c38-29-14-12-26(13-15-29)23-32(40-34(44)24-31-30-10-5-4-9-28(30)25-39-31)37(47)42-21-19-41(20-22-42)33(27-7-2-1-3-8-27)11-6-18-43-35(45)16-17-36(43)46/h4-5,9-10,12-15,27,31-33,39H,1-3,6-8,11,16-25H2,(H,40,44)/t31?,32-,33?/m1/s1. The molecule has 4 aliphatic rings. The van der Waals surface area contributed by atoms with Crippen molar-refractivity contribution in [3.8, 4) is 0 Å². The summed E-state index contributed by atoms with van der Waals surface area (Å²) >= 11 is 6.14. The van der Waals surface area contributed by atoms with Gasteiger partial charge >= 0.3 is 0 Å². The zero-order valence-corrected chi connectivity index (χ0v) is 28.1. The number of piperazine rings is 1. The monoisotopic (exact) mass is 661 g/mol. The van der Waals surface area contributed by atoms with Gasteiger partial charge in [-0.05, 0) is 60.4 Å². The van der Waals surface area contributed by atoms with E-state index in [9.17, 15) is 19.2 Å². The fourth-order valence-electron chi connectivity index (χ4n) is 8.12. The van der Waals surface area contributed by atoms with Crippen molar-refractivity contribution in [1.82, 2.24) is 25.3 Å². The van der Waals surface area contributed by atoms with Crippen molar-refractivity contribution >= 4 is 35.2 Å². The second-order valence-electron chi connectivity index (χ2n) is 13.7. The van der Waals surface area contributed by atoms with E-state index in [1.54, 1.807) is 0 Å². The summed E-state index contributed by atoms with van der Waals surface area (Å²) in [4.78, 5) is 57.7. The number of carbonyl (C=O) groups excluding carboxylic acids is 4. The minimum absolute atomic E-state index is 0.0408. The Bertz CT molecular complexity index is 1400. The first kappa shape index (κ1) is 33.6. The largest absolute Gasteiger partial charge is 0.344 e. The van der Waals surface area contributed by atoms with E-state index >= 15 is 0 Å². The Hall–Kier alpha value is -3.27. The van der Waals surface area contributed by atoms with Gasteiger partial charge in [0.25, 0.3) is 0 Å². The van der Waals surface area contributed by atoms with Crippen LogP contribution in [0.4, 0.5) is 0 Å². The Morgan fingerprint density at radius 3 is 2.34 bits per heavy atom. The summed E-state index contributed by atoms with van der Waals surface area (Å²) in [6, 6.07) is 15.3. The molecule has 3 heterocycles. The van der Waals surface area contributed by atoms with Crippen LogP contribution >= 0.6 is 11.6 Å². The van der Waals surface area contributed by atoms with Gasteiger partial charge in [-0.3, -0.25) is 29.0 Å². The number of imide groups is 1. The summed E-state index contributed by atoms with van der Waals surface area (Å²) in [7, 11) is 0. The van der Waals surface area contributed by atoms with Gasteiger partial charge in [-0.15, -0.1) is 0 Å². The predicted octanol–water partition coefficient (Wildman–Crippen LogP) is 4.62. The van der Waals surface area contributed by atoms with E-state index in [4.69, 9.17) is 11.6 Å². The van der Waals surface area contributed by atoms with Crippen LogP contribution in [0.15, 0.2) is 48.5 Å². The van der Waals surface area contributed by atoms with Crippen LogP contribution in [0, 0.1) is 5.92 Å². The number of nitrogens with one attached hydrogen (secondary N) is 2. The van der Waals surface area contributed by atoms with E-state index in [1.807, 2.05) is 41.3 Å². The zero-order valence-electron chi connectivity index (χ0n) is 27.3. The molecule has 3 aliphatic heterocycles. The molecule has 1 saturated carbocycles. The summed E-state index contributed by atoms with van der Waals surface area (Å²) in [6.07, 6.45) is 9.30. The molecular weight excluding hydrogens is 614 g/mol. The first-order chi connectivity index (χ1) is 22.9. The Kier molecular flexibility index (Phi) is 11.3. The minimum atomic E-state index is -0.670. The van der Waals surface area contributed by atoms with Crippen molar-refractivity contribution in [3.63, 3.8) is 0 Å². The molecular formula is C37H48ClN5O4. The number of nitrogens with zero attached hydrogens (tertiary/aromatic N) is 3. The predicted molar refractivity (Wildman–Crippen MR) is 181 cm³/mol. The van der Waals surface area contributed by atoms with Gasteiger partial charge < -0.3 is 15.5 Å². The molecule has 3 fully saturated rings. The molecule has 10 heteroatoms. The normalized spacial score (nSPS) is 21.9. The smallest absolute Gasteiger partial charge is 0.245 e. The first-order valence-corrected chi connectivity index (χ1v) is 17.9. The minimum Gasteiger partial charge on any atom is -0.344 e. The summed E-state index contributed by atoms with van der Waals surface area (Å²) in [5.74, 6) is 0.328. The number of hydrogen-bond acceptors (Lipinski definition) is 6. The summed E-state index contributed by atoms with van der Waals surface area (Å²) < 4.78 is 0. The number of carbonyl (C=O) groups is 4. The van der Waals surface area contributed by atoms with E-state index < -0.39 is 6.04 Å². The fraction of sp³-hybridized carbons (Fsp3) is 0.568. The van der Waals surface area contributed by atoms with Crippen LogP contribution < -0.4 is 10.6 Å². The van der Waals surface area contributed by atoms with Crippen molar-refractivity contribution in [3.05, 3.63) is 70.2 Å². The lowest BCUT2D eigenvalue weighted by atomic mass is 9.81. The maximum Gasteiger partial charge on any atom is 0.245 e. The van der Waals surface area contributed by atoms with Gasteiger partial charge in [-0.1, -0.05) is 67.3 Å². The molecule has 1 aliphatic carbocycles.